The lowest BCUT2D eigenvalue weighted by molar-refractivity contribution is 0.0989. The minimum Gasteiger partial charge on any atom is -0.397 e. The van der Waals surface area contributed by atoms with Crippen molar-refractivity contribution >= 4 is 44.8 Å². The van der Waals surface area contributed by atoms with E-state index < -0.39 is 11.7 Å². The van der Waals surface area contributed by atoms with Crippen molar-refractivity contribution in [1.29, 1.82) is 0 Å². The molecule has 0 aliphatic heterocycles. The predicted molar refractivity (Wildman–Crippen MR) is 82.7 cm³/mol. The third-order valence-corrected chi connectivity index (χ3v) is 3.55. The number of carbonyl (C=O) groups excluding carboxylic acids is 1. The van der Waals surface area contributed by atoms with Crippen molar-refractivity contribution in [3.63, 3.8) is 0 Å². The van der Waals surface area contributed by atoms with Gasteiger partial charge in [0.25, 0.3) is 5.91 Å². The molecule has 0 atom stereocenters. The van der Waals surface area contributed by atoms with Gasteiger partial charge in [-0.1, -0.05) is 27.5 Å². The standard InChI is InChI=1S/C14H11BrClFN2O/c1-19(13-7-9(16)3-5-12(13)18)14(20)10-4-2-8(15)6-11(10)17/h2-7H,18H2,1H3. The summed E-state index contributed by atoms with van der Waals surface area (Å²) in [5.74, 6) is -1.10. The zero-order valence-electron chi connectivity index (χ0n) is 10.5. The van der Waals surface area contributed by atoms with E-state index in [0.29, 0.717) is 20.9 Å². The van der Waals surface area contributed by atoms with Crippen LogP contribution in [0.5, 0.6) is 0 Å². The van der Waals surface area contributed by atoms with E-state index in [0.717, 1.165) is 0 Å². The maximum absolute atomic E-state index is 13.8. The Morgan fingerprint density at radius 2 is 2.00 bits per heavy atom. The average Bonchev–Trinajstić information content (AvgIpc) is 2.40. The molecule has 0 heterocycles. The van der Waals surface area contributed by atoms with Crippen molar-refractivity contribution in [1.82, 2.24) is 0 Å². The molecule has 0 radical (unpaired) electrons. The van der Waals surface area contributed by atoms with Crippen LogP contribution in [0.2, 0.25) is 5.02 Å². The molecular weight excluding hydrogens is 347 g/mol. The number of rotatable bonds is 2. The number of nitrogen functional groups attached to an aromatic ring is 1. The van der Waals surface area contributed by atoms with Gasteiger partial charge in [0.15, 0.2) is 0 Å². The Labute approximate surface area is 129 Å². The molecule has 2 aromatic rings. The Morgan fingerprint density at radius 3 is 2.65 bits per heavy atom. The zero-order chi connectivity index (χ0) is 14.9. The van der Waals surface area contributed by atoms with Gasteiger partial charge >= 0.3 is 0 Å². The predicted octanol–water partition coefficient (Wildman–Crippen LogP) is 4.10. The van der Waals surface area contributed by atoms with Crippen LogP contribution in [0.3, 0.4) is 0 Å². The number of benzene rings is 2. The van der Waals surface area contributed by atoms with Crippen molar-refractivity contribution in [2.24, 2.45) is 0 Å². The van der Waals surface area contributed by atoms with Gasteiger partial charge in [-0.15, -0.1) is 0 Å². The molecule has 0 aliphatic carbocycles. The Balaban J connectivity index is 2.40. The smallest absolute Gasteiger partial charge is 0.261 e. The van der Waals surface area contributed by atoms with Gasteiger partial charge in [0.2, 0.25) is 0 Å². The molecule has 6 heteroatoms. The van der Waals surface area contributed by atoms with Gasteiger partial charge in [0.1, 0.15) is 5.82 Å². The molecule has 1 amide bonds. The normalized spacial score (nSPS) is 10.4. The van der Waals surface area contributed by atoms with Gasteiger partial charge in [-0.05, 0) is 36.4 Å². The first-order valence-electron chi connectivity index (χ1n) is 5.68. The first kappa shape index (κ1) is 14.8. The summed E-state index contributed by atoms with van der Waals surface area (Å²) in [6.07, 6.45) is 0. The van der Waals surface area contributed by atoms with Gasteiger partial charge in [0, 0.05) is 16.5 Å². The summed E-state index contributed by atoms with van der Waals surface area (Å²) in [6.45, 7) is 0. The molecule has 2 aromatic carbocycles. The second-order valence-electron chi connectivity index (χ2n) is 4.19. The molecule has 0 saturated carbocycles. The number of nitrogens with zero attached hydrogens (tertiary/aromatic N) is 1. The largest absolute Gasteiger partial charge is 0.397 e. The molecule has 0 unspecified atom stereocenters. The van der Waals surface area contributed by atoms with E-state index in [1.807, 2.05) is 0 Å². The maximum Gasteiger partial charge on any atom is 0.261 e. The van der Waals surface area contributed by atoms with Crippen LogP contribution in [0, 0.1) is 5.82 Å². The maximum atomic E-state index is 13.8. The van der Waals surface area contributed by atoms with E-state index in [1.165, 1.54) is 24.1 Å². The van der Waals surface area contributed by atoms with Gasteiger partial charge in [-0.2, -0.15) is 0 Å². The van der Waals surface area contributed by atoms with Crippen LogP contribution in [0.15, 0.2) is 40.9 Å². The van der Waals surface area contributed by atoms with Crippen LogP contribution < -0.4 is 10.6 Å². The molecule has 0 bridgehead atoms. The monoisotopic (exact) mass is 356 g/mol. The first-order chi connectivity index (χ1) is 9.40. The van der Waals surface area contributed by atoms with Crippen LogP contribution in [0.1, 0.15) is 10.4 Å². The molecular formula is C14H11BrClFN2O. The van der Waals surface area contributed by atoms with Gasteiger partial charge < -0.3 is 10.6 Å². The molecule has 0 fully saturated rings. The van der Waals surface area contributed by atoms with Gasteiger partial charge in [-0.3, -0.25) is 4.79 Å². The zero-order valence-corrected chi connectivity index (χ0v) is 12.9. The van der Waals surface area contributed by atoms with Crippen LogP contribution >= 0.6 is 27.5 Å². The highest BCUT2D eigenvalue weighted by molar-refractivity contribution is 9.10. The molecule has 0 aromatic heterocycles. The quantitative estimate of drug-likeness (QED) is 0.823. The van der Waals surface area contributed by atoms with Crippen LogP contribution in [0.4, 0.5) is 15.8 Å². The second kappa shape index (κ2) is 5.81. The average molecular weight is 358 g/mol. The fraction of sp³-hybridized carbons (Fsp3) is 0.0714. The number of hydrogen-bond donors (Lipinski definition) is 1. The van der Waals surface area contributed by atoms with Crippen molar-refractivity contribution < 1.29 is 9.18 Å². The van der Waals surface area contributed by atoms with Crippen molar-refractivity contribution in [2.45, 2.75) is 0 Å². The number of amides is 1. The van der Waals surface area contributed by atoms with Crippen molar-refractivity contribution in [3.8, 4) is 0 Å². The van der Waals surface area contributed by atoms with Crippen LogP contribution in [-0.2, 0) is 0 Å². The third kappa shape index (κ3) is 2.94. The molecule has 3 nitrogen and oxygen atoms in total. The Morgan fingerprint density at radius 1 is 1.30 bits per heavy atom. The third-order valence-electron chi connectivity index (χ3n) is 2.82. The Hall–Kier alpha value is -1.59. The van der Waals surface area contributed by atoms with Crippen molar-refractivity contribution in [2.75, 3.05) is 17.7 Å². The highest BCUT2D eigenvalue weighted by atomic mass is 79.9. The fourth-order valence-electron chi connectivity index (χ4n) is 1.76. The highest BCUT2D eigenvalue weighted by Crippen LogP contribution is 2.28. The second-order valence-corrected chi connectivity index (χ2v) is 5.54. The summed E-state index contributed by atoms with van der Waals surface area (Å²) < 4.78 is 14.4. The van der Waals surface area contributed by atoms with Gasteiger partial charge in [-0.25, -0.2) is 4.39 Å². The topological polar surface area (TPSA) is 46.3 Å². The molecule has 104 valence electrons. The number of anilines is 2. The van der Waals surface area contributed by atoms with E-state index >= 15 is 0 Å². The number of carbonyl (C=O) groups is 1. The van der Waals surface area contributed by atoms with E-state index in [9.17, 15) is 9.18 Å². The van der Waals surface area contributed by atoms with Gasteiger partial charge in [0.05, 0.1) is 16.9 Å². The summed E-state index contributed by atoms with van der Waals surface area (Å²) >= 11 is 9.04. The lowest BCUT2D eigenvalue weighted by Gasteiger charge is -2.20. The number of nitrogens with two attached hydrogens (primary N) is 1. The molecule has 0 spiro atoms. The molecule has 2 N–H and O–H groups in total. The van der Waals surface area contributed by atoms with Crippen LogP contribution in [0.25, 0.3) is 0 Å². The fourth-order valence-corrected chi connectivity index (χ4v) is 2.26. The highest BCUT2D eigenvalue weighted by Gasteiger charge is 2.19. The van der Waals surface area contributed by atoms with Crippen LogP contribution in [-0.4, -0.2) is 13.0 Å². The lowest BCUT2D eigenvalue weighted by Crippen LogP contribution is -2.27. The molecule has 0 saturated heterocycles. The minimum atomic E-state index is -0.600. The summed E-state index contributed by atoms with van der Waals surface area (Å²) in [4.78, 5) is 13.6. The number of hydrogen-bond acceptors (Lipinski definition) is 2. The SMILES string of the molecule is CN(C(=O)c1ccc(Br)cc1F)c1cc(Cl)ccc1N. The van der Waals surface area contributed by atoms with Crippen molar-refractivity contribution in [3.05, 3.63) is 57.3 Å². The first-order valence-corrected chi connectivity index (χ1v) is 6.85. The molecule has 0 aliphatic rings. The minimum absolute atomic E-state index is 0.0323. The van der Waals surface area contributed by atoms with E-state index in [2.05, 4.69) is 15.9 Å². The Kier molecular flexibility index (Phi) is 4.30. The Bertz CT molecular complexity index is 678. The van der Waals surface area contributed by atoms with E-state index in [-0.39, 0.29) is 5.56 Å². The summed E-state index contributed by atoms with van der Waals surface area (Å²) in [5, 5.41) is 0.449. The number of halogens is 3. The molecule has 20 heavy (non-hydrogen) atoms. The summed E-state index contributed by atoms with van der Waals surface area (Å²) in [6, 6.07) is 9.04. The van der Waals surface area contributed by atoms with E-state index in [1.54, 1.807) is 24.3 Å². The summed E-state index contributed by atoms with van der Waals surface area (Å²) in [7, 11) is 1.52. The molecule has 2 rings (SSSR count). The lowest BCUT2D eigenvalue weighted by atomic mass is 10.1. The summed E-state index contributed by atoms with van der Waals surface area (Å²) in [5.41, 5.74) is 6.61. The van der Waals surface area contributed by atoms with E-state index in [4.69, 9.17) is 17.3 Å².